The number of halogens is 1. The fourth-order valence-corrected chi connectivity index (χ4v) is 2.68. The SMILES string of the molecule is COC(=O)CCCN1CCN(CCc2ccc(C(=N)N)cc2)C1=O.Cl. The molecule has 1 aromatic rings. The molecule has 0 aromatic heterocycles. The van der Waals surface area contributed by atoms with Gasteiger partial charge < -0.3 is 20.3 Å². The van der Waals surface area contributed by atoms with E-state index < -0.39 is 0 Å². The van der Waals surface area contributed by atoms with Crippen LogP contribution in [0.2, 0.25) is 0 Å². The first-order valence-electron chi connectivity index (χ1n) is 8.05. The lowest BCUT2D eigenvalue weighted by atomic mass is 10.1. The third-order valence-electron chi connectivity index (χ3n) is 4.15. The second-order valence-corrected chi connectivity index (χ2v) is 5.80. The second kappa shape index (κ2) is 9.88. The van der Waals surface area contributed by atoms with Gasteiger partial charge in [0.25, 0.3) is 0 Å². The molecule has 3 N–H and O–H groups in total. The number of nitrogens with zero attached hydrogens (tertiary/aromatic N) is 2. The van der Waals surface area contributed by atoms with Gasteiger partial charge in [-0.05, 0) is 18.4 Å². The summed E-state index contributed by atoms with van der Waals surface area (Å²) in [7, 11) is 1.37. The molecule has 2 amide bonds. The maximum absolute atomic E-state index is 12.3. The van der Waals surface area contributed by atoms with Crippen molar-refractivity contribution < 1.29 is 14.3 Å². The molecule has 0 saturated carbocycles. The fraction of sp³-hybridized carbons (Fsp3) is 0.471. The predicted molar refractivity (Wildman–Crippen MR) is 98.2 cm³/mol. The van der Waals surface area contributed by atoms with Crippen LogP contribution in [0.15, 0.2) is 24.3 Å². The van der Waals surface area contributed by atoms with Crippen molar-refractivity contribution in [2.75, 3.05) is 33.3 Å². The van der Waals surface area contributed by atoms with Crippen LogP contribution in [0.4, 0.5) is 4.79 Å². The Morgan fingerprint density at radius 2 is 1.80 bits per heavy atom. The first kappa shape index (κ1) is 20.8. The minimum atomic E-state index is -0.243. The Hall–Kier alpha value is -2.28. The Labute approximate surface area is 154 Å². The molecule has 7 nitrogen and oxygen atoms in total. The normalized spacial score (nSPS) is 13.6. The van der Waals surface area contributed by atoms with Gasteiger partial charge >= 0.3 is 12.0 Å². The molecular weight excluding hydrogens is 344 g/mol. The first-order valence-corrected chi connectivity index (χ1v) is 8.05. The van der Waals surface area contributed by atoms with Gasteiger partial charge in [0.15, 0.2) is 0 Å². The van der Waals surface area contributed by atoms with E-state index in [-0.39, 0.29) is 30.2 Å². The zero-order valence-corrected chi connectivity index (χ0v) is 15.2. The lowest BCUT2D eigenvalue weighted by molar-refractivity contribution is -0.140. The highest BCUT2D eigenvalue weighted by Crippen LogP contribution is 2.12. The maximum Gasteiger partial charge on any atom is 0.320 e. The van der Waals surface area contributed by atoms with Gasteiger partial charge in [0.2, 0.25) is 0 Å². The van der Waals surface area contributed by atoms with Crippen LogP contribution in [0.1, 0.15) is 24.0 Å². The smallest absolute Gasteiger partial charge is 0.320 e. The lowest BCUT2D eigenvalue weighted by Gasteiger charge is -2.18. The van der Waals surface area contributed by atoms with Gasteiger partial charge in [-0.3, -0.25) is 10.2 Å². The molecule has 0 unspecified atom stereocenters. The molecule has 1 aliphatic heterocycles. The van der Waals surface area contributed by atoms with Crippen molar-refractivity contribution >= 4 is 30.2 Å². The molecule has 1 aromatic carbocycles. The Kier molecular flexibility index (Phi) is 8.21. The quantitative estimate of drug-likeness (QED) is 0.413. The van der Waals surface area contributed by atoms with Crippen LogP contribution in [0.3, 0.4) is 0 Å². The first-order chi connectivity index (χ1) is 11.5. The number of carbonyl (C=O) groups excluding carboxylic acids is 2. The number of hydrogen-bond acceptors (Lipinski definition) is 4. The number of nitrogens with two attached hydrogens (primary N) is 1. The number of amidine groups is 1. The van der Waals surface area contributed by atoms with Crippen molar-refractivity contribution in [2.45, 2.75) is 19.3 Å². The minimum Gasteiger partial charge on any atom is -0.469 e. The number of ether oxygens (including phenoxy) is 1. The monoisotopic (exact) mass is 368 g/mol. The van der Waals surface area contributed by atoms with Crippen molar-refractivity contribution in [3.8, 4) is 0 Å². The van der Waals surface area contributed by atoms with Crippen LogP contribution < -0.4 is 5.73 Å². The number of nitrogens with one attached hydrogen (secondary N) is 1. The number of hydrogen-bond donors (Lipinski definition) is 2. The van der Waals surface area contributed by atoms with Crippen LogP contribution in [0.5, 0.6) is 0 Å². The zero-order valence-electron chi connectivity index (χ0n) is 14.4. The Morgan fingerprint density at radius 3 is 2.36 bits per heavy atom. The number of esters is 1. The van der Waals surface area contributed by atoms with E-state index in [0.29, 0.717) is 44.6 Å². The highest BCUT2D eigenvalue weighted by molar-refractivity contribution is 5.94. The predicted octanol–water partition coefficient (Wildman–Crippen LogP) is 1.63. The summed E-state index contributed by atoms with van der Waals surface area (Å²) in [5.41, 5.74) is 7.24. The van der Waals surface area contributed by atoms with Gasteiger partial charge in [-0.25, -0.2) is 4.79 Å². The number of rotatable bonds is 8. The average Bonchev–Trinajstić information content (AvgIpc) is 2.93. The van der Waals surface area contributed by atoms with Crippen LogP contribution in [0, 0.1) is 5.41 Å². The molecule has 0 bridgehead atoms. The third-order valence-corrected chi connectivity index (χ3v) is 4.15. The molecule has 0 atom stereocenters. The second-order valence-electron chi connectivity index (χ2n) is 5.80. The molecular formula is C17H25ClN4O3. The molecule has 1 aliphatic rings. The molecule has 138 valence electrons. The van der Waals surface area contributed by atoms with Crippen LogP contribution in [-0.4, -0.2) is 60.9 Å². The number of amides is 2. The molecule has 25 heavy (non-hydrogen) atoms. The van der Waals surface area contributed by atoms with Crippen molar-refractivity contribution in [2.24, 2.45) is 5.73 Å². The summed E-state index contributed by atoms with van der Waals surface area (Å²) in [6, 6.07) is 7.54. The van der Waals surface area contributed by atoms with Crippen LogP contribution >= 0.6 is 12.4 Å². The third kappa shape index (κ3) is 5.94. The van der Waals surface area contributed by atoms with E-state index in [1.165, 1.54) is 7.11 Å². The van der Waals surface area contributed by atoms with Gasteiger partial charge in [0.05, 0.1) is 7.11 Å². The van der Waals surface area contributed by atoms with Gasteiger partial charge in [-0.15, -0.1) is 12.4 Å². The molecule has 1 saturated heterocycles. The van der Waals surface area contributed by atoms with Gasteiger partial charge in [0.1, 0.15) is 5.84 Å². The Morgan fingerprint density at radius 1 is 1.20 bits per heavy atom. The number of carbonyl (C=O) groups is 2. The lowest BCUT2D eigenvalue weighted by Crippen LogP contribution is -2.33. The van der Waals surface area contributed by atoms with E-state index >= 15 is 0 Å². The molecule has 1 fully saturated rings. The zero-order chi connectivity index (χ0) is 17.5. The topological polar surface area (TPSA) is 99.7 Å². The largest absolute Gasteiger partial charge is 0.469 e. The standard InChI is InChI=1S/C17H24N4O3.ClH/c1-24-15(22)3-2-9-20-11-12-21(17(20)23)10-8-13-4-6-14(7-5-13)16(18)19;/h4-7H,2-3,8-12H2,1H3,(H3,18,19);1H. The van der Waals surface area contributed by atoms with E-state index in [1.54, 1.807) is 4.90 Å². The highest BCUT2D eigenvalue weighted by Gasteiger charge is 2.27. The van der Waals surface area contributed by atoms with E-state index in [9.17, 15) is 9.59 Å². The van der Waals surface area contributed by atoms with Gasteiger partial charge in [-0.2, -0.15) is 0 Å². The van der Waals surface area contributed by atoms with E-state index in [0.717, 1.165) is 12.0 Å². The number of nitrogen functional groups attached to an aromatic ring is 1. The number of urea groups is 1. The Bertz CT molecular complexity index is 606. The fourth-order valence-electron chi connectivity index (χ4n) is 2.68. The average molecular weight is 369 g/mol. The van der Waals surface area contributed by atoms with E-state index in [2.05, 4.69) is 4.74 Å². The van der Waals surface area contributed by atoms with Gasteiger partial charge in [0, 0.05) is 38.2 Å². The van der Waals surface area contributed by atoms with Crippen LogP contribution in [0.25, 0.3) is 0 Å². The van der Waals surface area contributed by atoms with Gasteiger partial charge in [-0.1, -0.05) is 24.3 Å². The minimum absolute atomic E-state index is 0. The van der Waals surface area contributed by atoms with Crippen molar-refractivity contribution in [1.29, 1.82) is 5.41 Å². The molecule has 8 heteroatoms. The summed E-state index contributed by atoms with van der Waals surface area (Å²) in [6.07, 6.45) is 1.72. The molecule has 1 heterocycles. The summed E-state index contributed by atoms with van der Waals surface area (Å²) in [6.45, 7) is 2.65. The summed E-state index contributed by atoms with van der Waals surface area (Å²) in [4.78, 5) is 27.0. The molecule has 2 rings (SSSR count). The van der Waals surface area contributed by atoms with Crippen molar-refractivity contribution in [3.05, 3.63) is 35.4 Å². The van der Waals surface area contributed by atoms with Crippen molar-refractivity contribution in [1.82, 2.24) is 9.80 Å². The van der Waals surface area contributed by atoms with E-state index in [1.807, 2.05) is 29.2 Å². The molecule has 0 aliphatic carbocycles. The summed E-state index contributed by atoms with van der Waals surface area (Å²) < 4.78 is 4.60. The Balaban J connectivity index is 0.00000312. The molecule has 0 radical (unpaired) electrons. The number of methoxy groups -OCH3 is 1. The number of benzene rings is 1. The van der Waals surface area contributed by atoms with Crippen molar-refractivity contribution in [3.63, 3.8) is 0 Å². The van der Waals surface area contributed by atoms with E-state index in [4.69, 9.17) is 11.1 Å². The van der Waals surface area contributed by atoms with Crippen LogP contribution in [-0.2, 0) is 16.0 Å². The molecule has 0 spiro atoms. The summed E-state index contributed by atoms with van der Waals surface area (Å²) >= 11 is 0. The summed E-state index contributed by atoms with van der Waals surface area (Å²) in [5.74, 6) is -0.189. The maximum atomic E-state index is 12.3. The highest BCUT2D eigenvalue weighted by atomic mass is 35.5. The summed E-state index contributed by atoms with van der Waals surface area (Å²) in [5, 5.41) is 7.38.